The van der Waals surface area contributed by atoms with Crippen LogP contribution in [-0.2, 0) is 0 Å². The van der Waals surface area contributed by atoms with Gasteiger partial charge in [0.05, 0.1) is 0 Å². The molecule has 0 aliphatic heterocycles. The Kier molecular flexibility index (Phi) is 5.81. The largest absolute Gasteiger partial charge is 0.573 e. The van der Waals surface area contributed by atoms with Crippen molar-refractivity contribution in [2.75, 3.05) is 0 Å². The zero-order valence-electron chi connectivity index (χ0n) is 15.1. The summed E-state index contributed by atoms with van der Waals surface area (Å²) < 4.78 is 69.2. The predicted molar refractivity (Wildman–Crippen MR) is 88.7 cm³/mol. The van der Waals surface area contributed by atoms with Gasteiger partial charge in [0, 0.05) is 11.7 Å². The molecule has 2 aromatic rings. The number of ether oxygens (including phenoxy) is 1. The number of hydrogen-bond acceptors (Lipinski definition) is 3. The van der Waals surface area contributed by atoms with Gasteiger partial charge in [-0.05, 0) is 50.6 Å². The lowest BCUT2D eigenvalue weighted by molar-refractivity contribution is -0.275. The first kappa shape index (κ1) is 21.4. The Labute approximate surface area is 157 Å². The molecule has 1 amide bonds. The minimum absolute atomic E-state index is 0.109. The molecule has 0 radical (unpaired) electrons. The molecule has 0 fully saturated rings. The van der Waals surface area contributed by atoms with Crippen LogP contribution in [0.15, 0.2) is 36.5 Å². The Balaban J connectivity index is 2.65. The van der Waals surface area contributed by atoms with Crippen molar-refractivity contribution in [3.05, 3.63) is 59.4 Å². The van der Waals surface area contributed by atoms with Crippen molar-refractivity contribution in [3.63, 3.8) is 0 Å². The predicted octanol–water partition coefficient (Wildman–Crippen LogP) is 5.13. The van der Waals surface area contributed by atoms with E-state index < -0.39 is 41.4 Å². The summed E-state index contributed by atoms with van der Waals surface area (Å²) in [6.07, 6.45) is -5.32. The molecule has 0 spiro atoms. The van der Waals surface area contributed by atoms with Gasteiger partial charge in [-0.1, -0.05) is 6.07 Å². The highest BCUT2D eigenvalue weighted by atomic mass is 19.4. The number of benzene rings is 1. The van der Waals surface area contributed by atoms with E-state index in [9.17, 15) is 31.9 Å². The third-order valence-corrected chi connectivity index (χ3v) is 3.73. The lowest BCUT2D eigenvalue weighted by Gasteiger charge is -2.39. The summed E-state index contributed by atoms with van der Waals surface area (Å²) >= 11 is 0. The molecular weight excluding hydrogens is 387 g/mol. The average molecular weight is 404 g/mol. The van der Waals surface area contributed by atoms with Gasteiger partial charge in [0.15, 0.2) is 11.6 Å². The molecule has 1 N–H and O–H groups in total. The summed E-state index contributed by atoms with van der Waals surface area (Å²) in [4.78, 5) is 16.6. The standard InChI is InChI=1S/C18H17F5N2O3/c1-17(2,3)25(16(26)27)15(14-11(19)5-4-8-24-14)10-6-7-13(12(20)9-10)28-18(21,22)23/h4-9,15H,1-3H3,(H,26,27). The maximum absolute atomic E-state index is 14.4. The molecule has 2 rings (SSSR count). The van der Waals surface area contributed by atoms with Crippen LogP contribution in [0.25, 0.3) is 0 Å². The fraction of sp³-hybridized carbons (Fsp3) is 0.333. The molecule has 1 atom stereocenters. The van der Waals surface area contributed by atoms with E-state index in [1.165, 1.54) is 33.0 Å². The number of amides is 1. The summed E-state index contributed by atoms with van der Waals surface area (Å²) in [7, 11) is 0. The quantitative estimate of drug-likeness (QED) is 0.718. The monoisotopic (exact) mass is 404 g/mol. The molecule has 0 aliphatic carbocycles. The van der Waals surface area contributed by atoms with E-state index in [4.69, 9.17) is 0 Å². The Bertz CT molecular complexity index is 865. The Morgan fingerprint density at radius 3 is 2.25 bits per heavy atom. The zero-order valence-corrected chi connectivity index (χ0v) is 15.1. The average Bonchev–Trinajstić information content (AvgIpc) is 2.52. The molecule has 1 unspecified atom stereocenters. The van der Waals surface area contributed by atoms with Crippen molar-refractivity contribution in [1.82, 2.24) is 9.88 Å². The highest BCUT2D eigenvalue weighted by Gasteiger charge is 2.38. The molecule has 0 aliphatic rings. The topological polar surface area (TPSA) is 62.7 Å². The van der Waals surface area contributed by atoms with Crippen molar-refractivity contribution in [1.29, 1.82) is 0 Å². The SMILES string of the molecule is CC(C)(C)N(C(=O)O)C(c1ccc(OC(F)(F)F)c(F)c1)c1ncccc1F. The maximum Gasteiger partial charge on any atom is 0.573 e. The van der Waals surface area contributed by atoms with Crippen LogP contribution in [0.4, 0.5) is 26.7 Å². The number of carbonyl (C=O) groups is 1. The molecule has 0 bridgehead atoms. The van der Waals surface area contributed by atoms with Crippen LogP contribution in [0, 0.1) is 11.6 Å². The lowest BCUT2D eigenvalue weighted by atomic mass is 9.95. The molecule has 1 aromatic heterocycles. The third kappa shape index (κ3) is 4.87. The van der Waals surface area contributed by atoms with Crippen LogP contribution in [-0.4, -0.2) is 33.0 Å². The van der Waals surface area contributed by atoms with Crippen molar-refractivity contribution in [2.45, 2.75) is 38.7 Å². The van der Waals surface area contributed by atoms with Gasteiger partial charge in [0.25, 0.3) is 0 Å². The first-order valence-electron chi connectivity index (χ1n) is 7.99. The smallest absolute Gasteiger partial charge is 0.465 e. The molecule has 10 heteroatoms. The second-order valence-electron chi connectivity index (χ2n) is 6.83. The van der Waals surface area contributed by atoms with Crippen molar-refractivity contribution < 1.29 is 36.6 Å². The molecular formula is C18H17F5N2O3. The molecule has 1 heterocycles. The fourth-order valence-corrected chi connectivity index (χ4v) is 2.71. The second-order valence-corrected chi connectivity index (χ2v) is 6.83. The lowest BCUT2D eigenvalue weighted by Crippen LogP contribution is -2.48. The number of nitrogens with zero attached hydrogens (tertiary/aromatic N) is 2. The number of rotatable bonds is 4. The summed E-state index contributed by atoms with van der Waals surface area (Å²) in [5.74, 6) is -3.32. The molecule has 28 heavy (non-hydrogen) atoms. The number of pyridine rings is 1. The van der Waals surface area contributed by atoms with Crippen LogP contribution in [0.3, 0.4) is 0 Å². The first-order chi connectivity index (χ1) is 12.8. The summed E-state index contributed by atoms with van der Waals surface area (Å²) in [6.45, 7) is 4.60. The molecule has 152 valence electrons. The maximum atomic E-state index is 14.4. The van der Waals surface area contributed by atoms with Crippen LogP contribution < -0.4 is 4.74 Å². The summed E-state index contributed by atoms with van der Waals surface area (Å²) in [5.41, 5.74) is -1.50. The van der Waals surface area contributed by atoms with E-state index in [0.717, 1.165) is 17.0 Å². The van der Waals surface area contributed by atoms with Crippen LogP contribution in [0.1, 0.15) is 38.1 Å². The van der Waals surface area contributed by atoms with Gasteiger partial charge in [0.1, 0.15) is 17.6 Å². The highest BCUT2D eigenvalue weighted by Crippen LogP contribution is 2.36. The highest BCUT2D eigenvalue weighted by molar-refractivity contribution is 5.67. The van der Waals surface area contributed by atoms with E-state index in [2.05, 4.69) is 9.72 Å². The van der Waals surface area contributed by atoms with E-state index in [1.807, 2.05) is 0 Å². The summed E-state index contributed by atoms with van der Waals surface area (Å²) in [6, 6.07) is 3.34. The first-order valence-corrected chi connectivity index (χ1v) is 7.99. The molecule has 0 saturated heterocycles. The van der Waals surface area contributed by atoms with E-state index in [-0.39, 0.29) is 11.3 Å². The van der Waals surface area contributed by atoms with Crippen molar-refractivity contribution in [2.24, 2.45) is 0 Å². The third-order valence-electron chi connectivity index (χ3n) is 3.73. The number of carboxylic acid groups (broad SMARTS) is 1. The molecule has 5 nitrogen and oxygen atoms in total. The van der Waals surface area contributed by atoms with E-state index in [0.29, 0.717) is 12.1 Å². The van der Waals surface area contributed by atoms with Crippen LogP contribution in [0.2, 0.25) is 0 Å². The van der Waals surface area contributed by atoms with E-state index in [1.54, 1.807) is 0 Å². The van der Waals surface area contributed by atoms with Gasteiger partial charge >= 0.3 is 12.5 Å². The van der Waals surface area contributed by atoms with Crippen molar-refractivity contribution >= 4 is 6.09 Å². The number of hydrogen-bond donors (Lipinski definition) is 1. The van der Waals surface area contributed by atoms with Crippen molar-refractivity contribution in [3.8, 4) is 5.75 Å². The molecule has 1 aromatic carbocycles. The Hall–Kier alpha value is -2.91. The van der Waals surface area contributed by atoms with Crippen LogP contribution in [0.5, 0.6) is 5.75 Å². The minimum Gasteiger partial charge on any atom is -0.465 e. The number of aromatic nitrogens is 1. The fourth-order valence-electron chi connectivity index (χ4n) is 2.71. The normalized spacial score (nSPS) is 13.1. The number of alkyl halides is 3. The van der Waals surface area contributed by atoms with Gasteiger partial charge in [-0.3, -0.25) is 9.88 Å². The van der Waals surface area contributed by atoms with E-state index >= 15 is 0 Å². The van der Waals surface area contributed by atoms with Gasteiger partial charge in [-0.25, -0.2) is 13.6 Å². The van der Waals surface area contributed by atoms with Gasteiger partial charge in [-0.15, -0.1) is 13.2 Å². The van der Waals surface area contributed by atoms with Gasteiger partial charge in [-0.2, -0.15) is 0 Å². The summed E-state index contributed by atoms with van der Waals surface area (Å²) in [5, 5.41) is 9.68. The van der Waals surface area contributed by atoms with Crippen LogP contribution >= 0.6 is 0 Å². The minimum atomic E-state index is -5.10. The Morgan fingerprint density at radius 2 is 1.79 bits per heavy atom. The number of halogens is 5. The van der Waals surface area contributed by atoms with Gasteiger partial charge < -0.3 is 9.84 Å². The Morgan fingerprint density at radius 1 is 1.14 bits per heavy atom. The second kappa shape index (κ2) is 7.61. The molecule has 0 saturated carbocycles. The van der Waals surface area contributed by atoms with Gasteiger partial charge in [0.2, 0.25) is 0 Å². The zero-order chi connectivity index (χ0) is 21.3.